The molecule has 2 atom stereocenters. The maximum absolute atomic E-state index is 11.7. The van der Waals surface area contributed by atoms with Crippen molar-refractivity contribution in [1.82, 2.24) is 0 Å². The van der Waals surface area contributed by atoms with Gasteiger partial charge in [-0.3, -0.25) is 4.79 Å². The number of carbonyl (C=O) groups is 1. The van der Waals surface area contributed by atoms with Crippen LogP contribution in [0.4, 0.5) is 0 Å². The molecule has 1 saturated heterocycles. The smallest absolute Gasteiger partial charge is 0.194 e. The number of furan rings is 1. The lowest BCUT2D eigenvalue weighted by Crippen LogP contribution is -2.24. The van der Waals surface area contributed by atoms with Crippen LogP contribution < -0.4 is 5.73 Å². The van der Waals surface area contributed by atoms with E-state index in [0.717, 1.165) is 12.8 Å². The van der Waals surface area contributed by atoms with Gasteiger partial charge in [0.1, 0.15) is 12.4 Å². The molecule has 0 radical (unpaired) electrons. The van der Waals surface area contributed by atoms with Gasteiger partial charge in [0.15, 0.2) is 5.78 Å². The Hall–Kier alpha value is -1.13. The Labute approximate surface area is 82.0 Å². The lowest BCUT2D eigenvalue weighted by molar-refractivity contribution is 0.0403. The molecule has 2 N–H and O–H groups in total. The van der Waals surface area contributed by atoms with Crippen molar-refractivity contribution in [2.75, 3.05) is 6.54 Å². The second-order valence-electron chi connectivity index (χ2n) is 3.44. The van der Waals surface area contributed by atoms with Crippen LogP contribution in [0.15, 0.2) is 23.0 Å². The molecule has 4 heteroatoms. The molecule has 0 aromatic carbocycles. The third kappa shape index (κ3) is 1.71. The quantitative estimate of drug-likeness (QED) is 0.730. The van der Waals surface area contributed by atoms with E-state index in [1.807, 2.05) is 0 Å². The molecule has 76 valence electrons. The summed E-state index contributed by atoms with van der Waals surface area (Å²) in [7, 11) is 0. The van der Waals surface area contributed by atoms with Crippen molar-refractivity contribution in [3.05, 3.63) is 24.2 Å². The zero-order valence-electron chi connectivity index (χ0n) is 7.81. The highest BCUT2D eigenvalue weighted by Crippen LogP contribution is 2.22. The Balaban J connectivity index is 2.00. The molecule has 2 unspecified atom stereocenters. The van der Waals surface area contributed by atoms with Gasteiger partial charge in [-0.15, -0.1) is 0 Å². The van der Waals surface area contributed by atoms with E-state index in [0.29, 0.717) is 12.1 Å². The Morgan fingerprint density at radius 1 is 1.57 bits per heavy atom. The summed E-state index contributed by atoms with van der Waals surface area (Å²) < 4.78 is 10.3. The van der Waals surface area contributed by atoms with Crippen LogP contribution in [0.2, 0.25) is 0 Å². The summed E-state index contributed by atoms with van der Waals surface area (Å²) in [4.78, 5) is 11.7. The minimum Gasteiger partial charge on any atom is -0.472 e. The Kier molecular flexibility index (Phi) is 2.65. The van der Waals surface area contributed by atoms with Gasteiger partial charge in [0.25, 0.3) is 0 Å². The monoisotopic (exact) mass is 195 g/mol. The normalized spacial score (nSPS) is 26.6. The van der Waals surface area contributed by atoms with Gasteiger partial charge >= 0.3 is 0 Å². The maximum Gasteiger partial charge on any atom is 0.194 e. The summed E-state index contributed by atoms with van der Waals surface area (Å²) in [6, 6.07) is 1.65. The van der Waals surface area contributed by atoms with Crippen LogP contribution in [0.3, 0.4) is 0 Å². The van der Waals surface area contributed by atoms with E-state index in [-0.39, 0.29) is 18.0 Å². The molecule has 4 nitrogen and oxygen atoms in total. The fraction of sp³-hybridized carbons (Fsp3) is 0.500. The van der Waals surface area contributed by atoms with Gasteiger partial charge < -0.3 is 14.9 Å². The first-order chi connectivity index (χ1) is 6.81. The SMILES string of the molecule is NCC1CCC(C(=O)c2ccoc2)O1. The highest BCUT2D eigenvalue weighted by atomic mass is 16.5. The van der Waals surface area contributed by atoms with Crippen molar-refractivity contribution >= 4 is 5.78 Å². The van der Waals surface area contributed by atoms with E-state index in [9.17, 15) is 4.79 Å². The van der Waals surface area contributed by atoms with Crippen LogP contribution in [-0.4, -0.2) is 24.5 Å². The first-order valence-electron chi connectivity index (χ1n) is 4.73. The van der Waals surface area contributed by atoms with Crippen molar-refractivity contribution in [3.63, 3.8) is 0 Å². The number of nitrogens with two attached hydrogens (primary N) is 1. The van der Waals surface area contributed by atoms with Gasteiger partial charge in [0.05, 0.1) is 17.9 Å². The molecule has 1 aromatic heterocycles. The molecule has 0 bridgehead atoms. The first kappa shape index (κ1) is 9.43. The van der Waals surface area contributed by atoms with Crippen LogP contribution in [-0.2, 0) is 4.74 Å². The highest BCUT2D eigenvalue weighted by Gasteiger charge is 2.30. The summed E-state index contributed by atoms with van der Waals surface area (Å²) >= 11 is 0. The van der Waals surface area contributed by atoms with Crippen molar-refractivity contribution in [3.8, 4) is 0 Å². The number of Topliss-reactive ketones (excluding diaryl/α,β-unsaturated/α-hetero) is 1. The lowest BCUT2D eigenvalue weighted by Gasteiger charge is -2.09. The molecule has 1 aliphatic heterocycles. The van der Waals surface area contributed by atoms with Crippen LogP contribution in [0, 0.1) is 0 Å². The Bertz CT molecular complexity index is 307. The molecular weight excluding hydrogens is 182 g/mol. The van der Waals surface area contributed by atoms with Crippen LogP contribution >= 0.6 is 0 Å². The predicted octanol–water partition coefficient (Wildman–Crippen LogP) is 0.969. The molecule has 1 fully saturated rings. The van der Waals surface area contributed by atoms with Crippen LogP contribution in [0.5, 0.6) is 0 Å². The van der Waals surface area contributed by atoms with Gasteiger partial charge in [0.2, 0.25) is 0 Å². The van der Waals surface area contributed by atoms with Crippen molar-refractivity contribution in [2.45, 2.75) is 25.0 Å². The summed E-state index contributed by atoms with van der Waals surface area (Å²) in [5.74, 6) is -0.00491. The second-order valence-corrected chi connectivity index (χ2v) is 3.44. The number of ether oxygens (including phenoxy) is 1. The number of ketones is 1. The van der Waals surface area contributed by atoms with E-state index in [4.69, 9.17) is 14.9 Å². The molecule has 0 amide bonds. The fourth-order valence-electron chi connectivity index (χ4n) is 1.66. The third-order valence-corrected chi connectivity index (χ3v) is 2.47. The van der Waals surface area contributed by atoms with E-state index in [1.165, 1.54) is 12.5 Å². The first-order valence-corrected chi connectivity index (χ1v) is 4.73. The Morgan fingerprint density at radius 3 is 3.00 bits per heavy atom. The molecular formula is C10H13NO3. The molecule has 14 heavy (non-hydrogen) atoms. The number of carbonyl (C=O) groups excluding carboxylic acids is 1. The van der Waals surface area contributed by atoms with Crippen LogP contribution in [0.25, 0.3) is 0 Å². The number of hydrogen-bond acceptors (Lipinski definition) is 4. The zero-order chi connectivity index (χ0) is 9.97. The number of rotatable bonds is 3. The van der Waals surface area contributed by atoms with Crippen molar-refractivity contribution in [2.24, 2.45) is 5.73 Å². The summed E-state index contributed by atoms with van der Waals surface area (Å²) in [6.07, 6.45) is 4.26. The topological polar surface area (TPSA) is 65.5 Å². The van der Waals surface area contributed by atoms with E-state index in [1.54, 1.807) is 6.07 Å². The number of hydrogen-bond donors (Lipinski definition) is 1. The fourth-order valence-corrected chi connectivity index (χ4v) is 1.66. The van der Waals surface area contributed by atoms with Gasteiger partial charge in [-0.05, 0) is 18.9 Å². The van der Waals surface area contributed by atoms with Gasteiger partial charge in [-0.25, -0.2) is 0 Å². The lowest BCUT2D eigenvalue weighted by atomic mass is 10.1. The van der Waals surface area contributed by atoms with E-state index < -0.39 is 0 Å². The predicted molar refractivity (Wildman–Crippen MR) is 50.0 cm³/mol. The molecule has 0 saturated carbocycles. The molecule has 2 heterocycles. The third-order valence-electron chi connectivity index (χ3n) is 2.47. The molecule has 0 spiro atoms. The summed E-state index contributed by atoms with van der Waals surface area (Å²) in [6.45, 7) is 0.481. The molecule has 1 aromatic rings. The standard InChI is InChI=1S/C10H13NO3/c11-5-8-1-2-9(14-8)10(12)7-3-4-13-6-7/h3-4,6,8-9H,1-2,5,11H2. The molecule has 2 rings (SSSR count). The maximum atomic E-state index is 11.7. The van der Waals surface area contributed by atoms with Gasteiger partial charge in [0, 0.05) is 6.54 Å². The van der Waals surface area contributed by atoms with E-state index in [2.05, 4.69) is 0 Å². The van der Waals surface area contributed by atoms with Crippen molar-refractivity contribution < 1.29 is 13.9 Å². The van der Waals surface area contributed by atoms with Gasteiger partial charge in [-0.1, -0.05) is 0 Å². The zero-order valence-corrected chi connectivity index (χ0v) is 7.81. The Morgan fingerprint density at radius 2 is 2.43 bits per heavy atom. The molecule has 1 aliphatic rings. The molecule has 0 aliphatic carbocycles. The second kappa shape index (κ2) is 3.94. The summed E-state index contributed by atoms with van der Waals surface area (Å²) in [5, 5.41) is 0. The van der Waals surface area contributed by atoms with Crippen molar-refractivity contribution in [1.29, 1.82) is 0 Å². The van der Waals surface area contributed by atoms with E-state index >= 15 is 0 Å². The minimum absolute atomic E-state index is 0.00491. The van der Waals surface area contributed by atoms with Gasteiger partial charge in [-0.2, -0.15) is 0 Å². The highest BCUT2D eigenvalue weighted by molar-refractivity contribution is 5.99. The average Bonchev–Trinajstić information content (AvgIpc) is 2.88. The average molecular weight is 195 g/mol. The summed E-state index contributed by atoms with van der Waals surface area (Å²) in [5.41, 5.74) is 6.04. The minimum atomic E-state index is -0.332. The van der Waals surface area contributed by atoms with Crippen LogP contribution in [0.1, 0.15) is 23.2 Å². The largest absolute Gasteiger partial charge is 0.472 e.